The molecule has 2 bridgehead atoms. The van der Waals surface area contributed by atoms with E-state index in [4.69, 9.17) is 31.5 Å². The van der Waals surface area contributed by atoms with E-state index < -0.39 is 11.5 Å². The molecule has 4 aliphatic carbocycles. The highest BCUT2D eigenvalue weighted by Crippen LogP contribution is 2.50. The first-order chi connectivity index (χ1) is 22.3. The lowest BCUT2D eigenvalue weighted by molar-refractivity contribution is 0.313. The number of fused-ring (bicyclic) bond motifs is 3. The molecule has 1 saturated heterocycles. The summed E-state index contributed by atoms with van der Waals surface area (Å²) in [5, 5.41) is 15.2. The van der Waals surface area contributed by atoms with Crippen LogP contribution in [0.25, 0.3) is 28.0 Å². The third-order valence-electron chi connectivity index (χ3n) is 11.1. The predicted octanol–water partition coefficient (Wildman–Crippen LogP) is 7.25. The standard InChI is InChI=1S/C36H38ClFN6O2/c1-17-10-22-11-18(15-39-22)2-9-24(17)32-26-14-28(38)33(25-12-23(45)13-27(37)29(25)19-3-4-19)42-35(26)44(36(46)43-32)34-30(20-5-6-20)40-16-41-31(34)21-7-8-21/h12-14,16-22,24,39,45H,2-11,15H2,1H3/t17-,18?,22?,24?/m1/s1. The van der Waals surface area contributed by atoms with Crippen LogP contribution in [0.4, 0.5) is 4.39 Å². The molecule has 0 amide bonds. The lowest BCUT2D eigenvalue weighted by Gasteiger charge is -2.30. The molecule has 4 saturated carbocycles. The van der Waals surface area contributed by atoms with E-state index >= 15 is 4.39 Å². The van der Waals surface area contributed by atoms with E-state index in [0.717, 1.165) is 81.3 Å². The molecule has 4 atom stereocenters. The van der Waals surface area contributed by atoms with Crippen LogP contribution in [0.5, 0.6) is 5.75 Å². The highest BCUT2D eigenvalue weighted by atomic mass is 35.5. The van der Waals surface area contributed by atoms with Gasteiger partial charge in [0.1, 0.15) is 23.6 Å². The van der Waals surface area contributed by atoms with Crippen LogP contribution in [0.15, 0.2) is 29.3 Å². The molecule has 1 aromatic carbocycles. The van der Waals surface area contributed by atoms with E-state index in [9.17, 15) is 9.90 Å². The average molecular weight is 641 g/mol. The highest BCUT2D eigenvalue weighted by Gasteiger charge is 2.39. The smallest absolute Gasteiger partial charge is 0.354 e. The van der Waals surface area contributed by atoms with Crippen LogP contribution >= 0.6 is 11.6 Å². The van der Waals surface area contributed by atoms with Crippen molar-refractivity contribution in [3.63, 3.8) is 0 Å². The molecule has 46 heavy (non-hydrogen) atoms. The monoisotopic (exact) mass is 640 g/mol. The van der Waals surface area contributed by atoms with E-state index in [1.165, 1.54) is 18.6 Å². The third kappa shape index (κ3) is 4.93. The fourth-order valence-corrected chi connectivity index (χ4v) is 8.74. The number of aromatic nitrogens is 5. The van der Waals surface area contributed by atoms with Crippen molar-refractivity contribution >= 4 is 22.6 Å². The summed E-state index contributed by atoms with van der Waals surface area (Å²) in [6.07, 6.45) is 11.6. The number of nitrogens with zero attached hydrogens (tertiary/aromatic N) is 5. The van der Waals surface area contributed by atoms with Crippen molar-refractivity contribution in [1.82, 2.24) is 29.8 Å². The zero-order chi connectivity index (χ0) is 31.3. The summed E-state index contributed by atoms with van der Waals surface area (Å²) < 4.78 is 18.2. The van der Waals surface area contributed by atoms with E-state index in [2.05, 4.69) is 12.2 Å². The Bertz CT molecular complexity index is 1920. The molecule has 3 unspecified atom stereocenters. The predicted molar refractivity (Wildman–Crippen MR) is 174 cm³/mol. The van der Waals surface area contributed by atoms with Crippen LogP contribution in [0, 0.1) is 17.7 Å². The Kier molecular flexibility index (Phi) is 6.76. The number of hydrogen-bond donors (Lipinski definition) is 2. The fourth-order valence-electron chi connectivity index (χ4n) is 8.37. The lowest BCUT2D eigenvalue weighted by atomic mass is 9.77. The quantitative estimate of drug-likeness (QED) is 0.229. The number of aromatic hydroxyl groups is 1. The first kappa shape index (κ1) is 28.8. The molecule has 8 nitrogen and oxygen atoms in total. The SMILES string of the molecule is C[C@@H]1CC2CC(CCC1c1nc(=O)n(-c3c(C4CC4)ncnc3C3CC3)c3nc(-c4cc(O)cc(Cl)c4C4CC4)c(F)cc13)CN2. The molecule has 238 valence electrons. The van der Waals surface area contributed by atoms with Gasteiger partial charge in [0.2, 0.25) is 0 Å². The molecule has 3 aromatic heterocycles. The van der Waals surface area contributed by atoms with Crippen molar-refractivity contribution in [2.75, 3.05) is 6.54 Å². The zero-order valence-corrected chi connectivity index (χ0v) is 26.7. The van der Waals surface area contributed by atoms with Crippen molar-refractivity contribution < 1.29 is 9.50 Å². The Balaban J connectivity index is 1.32. The molecule has 0 spiro atoms. The minimum Gasteiger partial charge on any atom is -0.508 e. The Hall–Kier alpha value is -3.43. The van der Waals surface area contributed by atoms with Crippen LogP contribution in [-0.2, 0) is 0 Å². The molecule has 10 heteroatoms. The first-order valence-electron chi connectivity index (χ1n) is 17.1. The van der Waals surface area contributed by atoms with Gasteiger partial charge in [-0.15, -0.1) is 0 Å². The zero-order valence-electron chi connectivity index (χ0n) is 26.0. The van der Waals surface area contributed by atoms with Crippen LogP contribution < -0.4 is 11.0 Å². The fraction of sp³-hybridized carbons (Fsp3) is 0.528. The normalized spacial score (nSPS) is 26.3. The summed E-state index contributed by atoms with van der Waals surface area (Å²) in [7, 11) is 0. The van der Waals surface area contributed by atoms with Crippen LogP contribution in [0.3, 0.4) is 0 Å². The number of halogens is 2. The van der Waals surface area contributed by atoms with E-state index in [-0.39, 0.29) is 41.0 Å². The summed E-state index contributed by atoms with van der Waals surface area (Å²) in [4.78, 5) is 33.8. The van der Waals surface area contributed by atoms with Crippen molar-refractivity contribution in [3.05, 3.63) is 68.5 Å². The highest BCUT2D eigenvalue weighted by molar-refractivity contribution is 6.32. The van der Waals surface area contributed by atoms with Gasteiger partial charge in [-0.1, -0.05) is 18.5 Å². The molecule has 0 radical (unpaired) electrons. The molecule has 9 rings (SSSR count). The van der Waals surface area contributed by atoms with Gasteiger partial charge in [-0.3, -0.25) is 0 Å². The lowest BCUT2D eigenvalue weighted by Crippen LogP contribution is -2.30. The maximum absolute atomic E-state index is 16.6. The molecule has 5 fully saturated rings. The Labute approximate surface area is 271 Å². The van der Waals surface area contributed by atoms with Crippen molar-refractivity contribution in [3.8, 4) is 22.7 Å². The summed E-state index contributed by atoms with van der Waals surface area (Å²) >= 11 is 6.67. The minimum absolute atomic E-state index is 0.00262. The second kappa shape index (κ2) is 10.8. The van der Waals surface area contributed by atoms with Gasteiger partial charge < -0.3 is 10.4 Å². The van der Waals surface area contributed by atoms with E-state index in [1.807, 2.05) is 0 Å². The minimum atomic E-state index is -0.515. The van der Waals surface area contributed by atoms with Crippen molar-refractivity contribution in [2.45, 2.75) is 101 Å². The number of benzene rings is 1. The summed E-state index contributed by atoms with van der Waals surface area (Å²) in [6, 6.07) is 5.05. The topological polar surface area (TPSA) is 106 Å². The second-order valence-corrected chi connectivity index (χ2v) is 15.0. The van der Waals surface area contributed by atoms with Gasteiger partial charge in [0.05, 0.1) is 22.8 Å². The number of rotatable bonds is 6. The Morgan fingerprint density at radius 2 is 1.63 bits per heavy atom. The molecule has 1 aliphatic heterocycles. The Morgan fingerprint density at radius 1 is 0.913 bits per heavy atom. The maximum atomic E-state index is 16.6. The summed E-state index contributed by atoms with van der Waals surface area (Å²) in [5.74, 6) is 0.965. The van der Waals surface area contributed by atoms with Crippen LogP contribution in [-0.4, -0.2) is 42.2 Å². The van der Waals surface area contributed by atoms with E-state index in [0.29, 0.717) is 45.0 Å². The Morgan fingerprint density at radius 3 is 2.33 bits per heavy atom. The molecular weight excluding hydrogens is 603 g/mol. The number of nitrogens with one attached hydrogen (secondary N) is 1. The molecule has 4 aromatic rings. The number of phenolic OH excluding ortho intramolecular Hbond substituents is 1. The average Bonchev–Trinajstić information content (AvgIpc) is 3.87. The van der Waals surface area contributed by atoms with Gasteiger partial charge in [-0.25, -0.2) is 28.7 Å². The number of phenols is 1. The van der Waals surface area contributed by atoms with Gasteiger partial charge in [-0.2, -0.15) is 4.98 Å². The van der Waals surface area contributed by atoms with Crippen molar-refractivity contribution in [1.29, 1.82) is 0 Å². The van der Waals surface area contributed by atoms with Gasteiger partial charge in [0, 0.05) is 39.8 Å². The van der Waals surface area contributed by atoms with Gasteiger partial charge in [0.15, 0.2) is 5.65 Å². The number of pyridine rings is 1. The molecule has 5 aliphatic rings. The van der Waals surface area contributed by atoms with Gasteiger partial charge in [-0.05, 0) is 112 Å². The molecular formula is C36H38ClFN6O2. The summed E-state index contributed by atoms with van der Waals surface area (Å²) in [6.45, 7) is 3.26. The van der Waals surface area contributed by atoms with Crippen molar-refractivity contribution in [2.24, 2.45) is 11.8 Å². The first-order valence-corrected chi connectivity index (χ1v) is 17.5. The second-order valence-electron chi connectivity index (χ2n) is 14.6. The van der Waals surface area contributed by atoms with Crippen LogP contribution in [0.2, 0.25) is 5.02 Å². The van der Waals surface area contributed by atoms with Gasteiger partial charge in [0.25, 0.3) is 0 Å². The summed E-state index contributed by atoms with van der Waals surface area (Å²) in [5.41, 5.74) is 4.33. The third-order valence-corrected chi connectivity index (χ3v) is 11.4. The molecule has 2 N–H and O–H groups in total. The van der Waals surface area contributed by atoms with E-state index in [1.54, 1.807) is 17.0 Å². The number of hydrogen-bond acceptors (Lipinski definition) is 7. The largest absolute Gasteiger partial charge is 0.508 e. The van der Waals surface area contributed by atoms with Gasteiger partial charge >= 0.3 is 5.69 Å². The maximum Gasteiger partial charge on any atom is 0.354 e. The molecule has 4 heterocycles. The van der Waals surface area contributed by atoms with Crippen LogP contribution in [0.1, 0.15) is 117 Å².